The fourth-order valence-electron chi connectivity index (χ4n) is 0.861. The SMILES string of the molecule is CC(C)(CCO)NCCCF. The summed E-state index contributed by atoms with van der Waals surface area (Å²) in [6.45, 7) is 4.59. The van der Waals surface area contributed by atoms with Gasteiger partial charge in [0.2, 0.25) is 0 Å². The van der Waals surface area contributed by atoms with Crippen molar-refractivity contribution in [2.45, 2.75) is 32.2 Å². The third-order valence-corrected chi connectivity index (χ3v) is 1.65. The molecule has 0 aliphatic rings. The highest BCUT2D eigenvalue weighted by molar-refractivity contribution is 4.76. The van der Waals surface area contributed by atoms with Crippen LogP contribution >= 0.6 is 0 Å². The van der Waals surface area contributed by atoms with Gasteiger partial charge in [-0.25, -0.2) is 0 Å². The monoisotopic (exact) mass is 163 g/mol. The Morgan fingerprint density at radius 3 is 2.55 bits per heavy atom. The lowest BCUT2D eigenvalue weighted by Crippen LogP contribution is -2.40. The van der Waals surface area contributed by atoms with Crippen molar-refractivity contribution < 1.29 is 9.50 Å². The molecule has 0 atom stereocenters. The summed E-state index contributed by atoms with van der Waals surface area (Å²) >= 11 is 0. The first-order chi connectivity index (χ1) is 5.12. The van der Waals surface area contributed by atoms with Gasteiger partial charge in [-0.15, -0.1) is 0 Å². The van der Waals surface area contributed by atoms with Crippen LogP contribution in [-0.4, -0.2) is 30.5 Å². The van der Waals surface area contributed by atoms with Crippen LogP contribution in [0.1, 0.15) is 26.7 Å². The van der Waals surface area contributed by atoms with E-state index in [0.717, 1.165) is 0 Å². The molecule has 11 heavy (non-hydrogen) atoms. The van der Waals surface area contributed by atoms with Crippen LogP contribution in [0.15, 0.2) is 0 Å². The Balaban J connectivity index is 3.38. The minimum absolute atomic E-state index is 0.0656. The van der Waals surface area contributed by atoms with Crippen LogP contribution in [0.5, 0.6) is 0 Å². The zero-order valence-corrected chi connectivity index (χ0v) is 7.36. The van der Waals surface area contributed by atoms with Crippen LogP contribution in [0.25, 0.3) is 0 Å². The Morgan fingerprint density at radius 2 is 2.09 bits per heavy atom. The minimum Gasteiger partial charge on any atom is -0.396 e. The number of halogens is 1. The fourth-order valence-corrected chi connectivity index (χ4v) is 0.861. The Labute approximate surface area is 67.8 Å². The van der Waals surface area contributed by atoms with E-state index in [4.69, 9.17) is 5.11 Å². The number of aliphatic hydroxyl groups is 1. The molecule has 0 bridgehead atoms. The number of hydrogen-bond acceptors (Lipinski definition) is 2. The second-order valence-corrected chi connectivity index (χ2v) is 3.33. The molecule has 0 aromatic rings. The van der Waals surface area contributed by atoms with Crippen LogP contribution < -0.4 is 5.32 Å². The summed E-state index contributed by atoms with van der Waals surface area (Å²) in [4.78, 5) is 0. The topological polar surface area (TPSA) is 32.3 Å². The number of alkyl halides is 1. The van der Waals surface area contributed by atoms with E-state index in [2.05, 4.69) is 5.32 Å². The highest BCUT2D eigenvalue weighted by atomic mass is 19.1. The molecule has 0 saturated heterocycles. The van der Waals surface area contributed by atoms with E-state index in [0.29, 0.717) is 19.4 Å². The van der Waals surface area contributed by atoms with E-state index in [9.17, 15) is 4.39 Å². The number of nitrogens with one attached hydrogen (secondary N) is 1. The van der Waals surface area contributed by atoms with Crippen molar-refractivity contribution in [2.75, 3.05) is 19.8 Å². The molecule has 0 aromatic heterocycles. The van der Waals surface area contributed by atoms with Crippen molar-refractivity contribution in [3.63, 3.8) is 0 Å². The molecule has 0 fully saturated rings. The molecular weight excluding hydrogens is 145 g/mol. The summed E-state index contributed by atoms with van der Waals surface area (Å²) in [5.41, 5.74) is -0.0656. The summed E-state index contributed by atoms with van der Waals surface area (Å²) in [6, 6.07) is 0. The Kier molecular flexibility index (Phi) is 5.42. The van der Waals surface area contributed by atoms with Crippen molar-refractivity contribution in [1.82, 2.24) is 5.32 Å². The van der Waals surface area contributed by atoms with Gasteiger partial charge in [0.05, 0.1) is 6.67 Å². The standard InChI is InChI=1S/C8H18FNO/c1-8(2,4-7-11)10-6-3-5-9/h10-11H,3-7H2,1-2H3. The molecule has 0 amide bonds. The van der Waals surface area contributed by atoms with Gasteiger partial charge in [0.25, 0.3) is 0 Å². The molecular formula is C8H18FNO. The van der Waals surface area contributed by atoms with E-state index in [1.54, 1.807) is 0 Å². The van der Waals surface area contributed by atoms with Gasteiger partial charge in [0, 0.05) is 12.1 Å². The second-order valence-electron chi connectivity index (χ2n) is 3.33. The molecule has 0 spiro atoms. The molecule has 3 heteroatoms. The molecule has 0 saturated carbocycles. The minimum atomic E-state index is -0.276. The van der Waals surface area contributed by atoms with Gasteiger partial charge in [-0.05, 0) is 33.2 Å². The van der Waals surface area contributed by atoms with E-state index >= 15 is 0 Å². The van der Waals surface area contributed by atoms with Crippen LogP contribution in [0.4, 0.5) is 4.39 Å². The molecule has 0 rings (SSSR count). The maximum absolute atomic E-state index is 11.7. The summed E-state index contributed by atoms with van der Waals surface area (Å²) < 4.78 is 11.7. The highest BCUT2D eigenvalue weighted by Gasteiger charge is 2.14. The van der Waals surface area contributed by atoms with Crippen molar-refractivity contribution in [3.05, 3.63) is 0 Å². The van der Waals surface area contributed by atoms with Crippen molar-refractivity contribution in [1.29, 1.82) is 0 Å². The maximum Gasteiger partial charge on any atom is 0.0906 e. The lowest BCUT2D eigenvalue weighted by molar-refractivity contribution is 0.229. The van der Waals surface area contributed by atoms with E-state index in [-0.39, 0.29) is 18.8 Å². The quantitative estimate of drug-likeness (QED) is 0.575. The predicted octanol–water partition coefficient (Wildman–Crippen LogP) is 1.10. The van der Waals surface area contributed by atoms with Gasteiger partial charge in [-0.2, -0.15) is 0 Å². The molecule has 0 radical (unpaired) electrons. The number of hydrogen-bond donors (Lipinski definition) is 2. The molecule has 0 aliphatic heterocycles. The summed E-state index contributed by atoms with van der Waals surface area (Å²) in [6.07, 6.45) is 1.26. The highest BCUT2D eigenvalue weighted by Crippen LogP contribution is 2.06. The molecule has 0 aromatic carbocycles. The first-order valence-corrected chi connectivity index (χ1v) is 4.04. The predicted molar refractivity (Wildman–Crippen MR) is 44.4 cm³/mol. The Bertz CT molecular complexity index is 96.1. The number of rotatable bonds is 6. The zero-order valence-electron chi connectivity index (χ0n) is 7.36. The van der Waals surface area contributed by atoms with Crippen LogP contribution in [0.3, 0.4) is 0 Å². The first-order valence-electron chi connectivity index (χ1n) is 4.04. The van der Waals surface area contributed by atoms with Gasteiger partial charge >= 0.3 is 0 Å². The average molecular weight is 163 g/mol. The molecule has 0 unspecified atom stereocenters. The second kappa shape index (κ2) is 5.49. The van der Waals surface area contributed by atoms with Crippen molar-refractivity contribution in [3.8, 4) is 0 Å². The average Bonchev–Trinajstić information content (AvgIpc) is 1.87. The summed E-state index contributed by atoms with van der Waals surface area (Å²) in [5.74, 6) is 0. The largest absolute Gasteiger partial charge is 0.396 e. The molecule has 0 heterocycles. The Hall–Kier alpha value is -0.150. The lowest BCUT2D eigenvalue weighted by atomic mass is 10.0. The smallest absolute Gasteiger partial charge is 0.0906 e. The van der Waals surface area contributed by atoms with Crippen molar-refractivity contribution >= 4 is 0 Å². The van der Waals surface area contributed by atoms with Gasteiger partial charge < -0.3 is 10.4 Å². The third kappa shape index (κ3) is 6.26. The van der Waals surface area contributed by atoms with Crippen molar-refractivity contribution in [2.24, 2.45) is 0 Å². The van der Waals surface area contributed by atoms with Crippen LogP contribution in [-0.2, 0) is 0 Å². The van der Waals surface area contributed by atoms with Crippen LogP contribution in [0, 0.1) is 0 Å². The van der Waals surface area contributed by atoms with Crippen LogP contribution in [0.2, 0.25) is 0 Å². The van der Waals surface area contributed by atoms with E-state index in [1.165, 1.54) is 0 Å². The van der Waals surface area contributed by atoms with Gasteiger partial charge in [-0.1, -0.05) is 0 Å². The lowest BCUT2D eigenvalue weighted by Gasteiger charge is -2.25. The first kappa shape index (κ1) is 10.8. The maximum atomic E-state index is 11.7. The van der Waals surface area contributed by atoms with E-state index < -0.39 is 0 Å². The molecule has 2 N–H and O–H groups in total. The zero-order chi connectivity index (χ0) is 8.74. The molecule has 68 valence electrons. The van der Waals surface area contributed by atoms with Gasteiger partial charge in [-0.3, -0.25) is 4.39 Å². The van der Waals surface area contributed by atoms with Gasteiger partial charge in [0.1, 0.15) is 0 Å². The van der Waals surface area contributed by atoms with E-state index in [1.807, 2.05) is 13.8 Å². The Morgan fingerprint density at radius 1 is 1.45 bits per heavy atom. The molecule has 2 nitrogen and oxygen atoms in total. The normalized spacial score (nSPS) is 12.0. The fraction of sp³-hybridized carbons (Fsp3) is 1.00. The number of aliphatic hydroxyl groups excluding tert-OH is 1. The molecule has 0 aliphatic carbocycles. The third-order valence-electron chi connectivity index (χ3n) is 1.65. The van der Waals surface area contributed by atoms with Gasteiger partial charge in [0.15, 0.2) is 0 Å². The summed E-state index contributed by atoms with van der Waals surface area (Å²) in [7, 11) is 0. The summed E-state index contributed by atoms with van der Waals surface area (Å²) in [5, 5.41) is 11.8.